The van der Waals surface area contributed by atoms with Crippen molar-refractivity contribution >= 4 is 27.3 Å². The van der Waals surface area contributed by atoms with Crippen molar-refractivity contribution in [3.05, 3.63) is 20.8 Å². The van der Waals surface area contributed by atoms with Crippen LogP contribution in [0.4, 0.5) is 0 Å². The Bertz CT molecular complexity index is 323. The van der Waals surface area contributed by atoms with Gasteiger partial charge in [-0.15, -0.1) is 11.3 Å². The van der Waals surface area contributed by atoms with Crippen molar-refractivity contribution in [1.29, 1.82) is 0 Å². The molecule has 0 radical (unpaired) electrons. The second-order valence-electron chi connectivity index (χ2n) is 4.72. The average Bonchev–Trinajstić information content (AvgIpc) is 2.64. The van der Waals surface area contributed by atoms with Crippen molar-refractivity contribution in [3.8, 4) is 0 Å². The summed E-state index contributed by atoms with van der Waals surface area (Å²) in [5, 5.41) is 2.13. The molecule has 2 rings (SSSR count). The van der Waals surface area contributed by atoms with Gasteiger partial charge in [-0.3, -0.25) is 0 Å². The molecule has 1 aromatic rings. The molecule has 0 spiro atoms. The predicted octanol–water partition coefficient (Wildman–Crippen LogP) is 4.34. The second-order valence-corrected chi connectivity index (χ2v) is 6.58. The molecule has 2 N–H and O–H groups in total. The van der Waals surface area contributed by atoms with Crippen molar-refractivity contribution in [1.82, 2.24) is 0 Å². The molecule has 0 aromatic carbocycles. The van der Waals surface area contributed by atoms with E-state index in [0.29, 0.717) is 5.92 Å². The summed E-state index contributed by atoms with van der Waals surface area (Å²) in [6.07, 6.45) is 5.35. The maximum absolute atomic E-state index is 6.33. The summed E-state index contributed by atoms with van der Waals surface area (Å²) in [6.45, 7) is 2.35. The molecule has 1 nitrogen and oxygen atoms in total. The summed E-state index contributed by atoms with van der Waals surface area (Å²) in [7, 11) is 0. The molecule has 15 heavy (non-hydrogen) atoms. The molecule has 0 aliphatic heterocycles. The molecular formula is C12H18BrNS. The highest BCUT2D eigenvalue weighted by molar-refractivity contribution is 9.10. The van der Waals surface area contributed by atoms with Gasteiger partial charge in [0.15, 0.2) is 0 Å². The average molecular weight is 288 g/mol. The van der Waals surface area contributed by atoms with Crippen LogP contribution in [0.1, 0.15) is 43.5 Å². The highest BCUT2D eigenvalue weighted by Crippen LogP contribution is 2.38. The van der Waals surface area contributed by atoms with Crippen LogP contribution in [0, 0.1) is 11.8 Å². The monoisotopic (exact) mass is 287 g/mol. The number of hydrogen-bond donors (Lipinski definition) is 1. The third-order valence-corrected chi connectivity index (χ3v) is 5.20. The van der Waals surface area contributed by atoms with Crippen LogP contribution < -0.4 is 5.73 Å². The smallest absolute Gasteiger partial charge is 0.0418 e. The van der Waals surface area contributed by atoms with Crippen LogP contribution in [0.2, 0.25) is 0 Å². The molecule has 84 valence electrons. The van der Waals surface area contributed by atoms with Crippen LogP contribution in [0.15, 0.2) is 15.9 Å². The van der Waals surface area contributed by atoms with Crippen LogP contribution in [0.5, 0.6) is 0 Å². The van der Waals surface area contributed by atoms with E-state index in [0.717, 1.165) is 5.92 Å². The summed E-state index contributed by atoms with van der Waals surface area (Å²) in [5.41, 5.74) is 6.33. The Balaban J connectivity index is 2.03. The van der Waals surface area contributed by atoms with Crippen LogP contribution >= 0.6 is 27.3 Å². The van der Waals surface area contributed by atoms with E-state index in [1.165, 1.54) is 35.0 Å². The Kier molecular flexibility index (Phi) is 3.86. The lowest BCUT2D eigenvalue weighted by Gasteiger charge is -2.30. The largest absolute Gasteiger partial charge is 0.323 e. The van der Waals surface area contributed by atoms with Crippen LogP contribution in [0.25, 0.3) is 0 Å². The molecule has 3 atom stereocenters. The van der Waals surface area contributed by atoms with Crippen LogP contribution in [-0.4, -0.2) is 0 Å². The lowest BCUT2D eigenvalue weighted by Crippen LogP contribution is -2.25. The van der Waals surface area contributed by atoms with E-state index >= 15 is 0 Å². The normalized spacial score (nSPS) is 29.0. The minimum Gasteiger partial charge on any atom is -0.323 e. The van der Waals surface area contributed by atoms with Crippen molar-refractivity contribution in [2.75, 3.05) is 0 Å². The molecule has 3 unspecified atom stereocenters. The summed E-state index contributed by atoms with van der Waals surface area (Å²) in [4.78, 5) is 1.33. The minimum atomic E-state index is 0.254. The summed E-state index contributed by atoms with van der Waals surface area (Å²) in [6, 6.07) is 2.43. The third-order valence-electron chi connectivity index (χ3n) is 3.40. The molecule has 3 heteroatoms. The van der Waals surface area contributed by atoms with E-state index in [1.54, 1.807) is 11.3 Å². The molecule has 0 amide bonds. The molecule has 1 aliphatic carbocycles. The topological polar surface area (TPSA) is 26.0 Å². The molecule has 0 bridgehead atoms. The number of nitrogens with two attached hydrogens (primary N) is 1. The third kappa shape index (κ3) is 2.83. The number of halogens is 1. The van der Waals surface area contributed by atoms with Gasteiger partial charge in [0.1, 0.15) is 0 Å². The Morgan fingerprint density at radius 2 is 2.33 bits per heavy atom. The fraction of sp³-hybridized carbons (Fsp3) is 0.667. The number of hydrogen-bond acceptors (Lipinski definition) is 2. The van der Waals surface area contributed by atoms with Crippen molar-refractivity contribution in [3.63, 3.8) is 0 Å². The van der Waals surface area contributed by atoms with Gasteiger partial charge in [-0.05, 0) is 46.7 Å². The van der Waals surface area contributed by atoms with Crippen molar-refractivity contribution < 1.29 is 0 Å². The van der Waals surface area contributed by atoms with Gasteiger partial charge in [0.25, 0.3) is 0 Å². The Morgan fingerprint density at radius 1 is 1.53 bits per heavy atom. The van der Waals surface area contributed by atoms with E-state index in [2.05, 4.69) is 34.3 Å². The maximum Gasteiger partial charge on any atom is 0.0418 e. The van der Waals surface area contributed by atoms with Gasteiger partial charge in [0, 0.05) is 20.8 Å². The predicted molar refractivity (Wildman–Crippen MR) is 70.1 cm³/mol. The zero-order valence-electron chi connectivity index (χ0n) is 9.08. The quantitative estimate of drug-likeness (QED) is 0.861. The molecule has 1 aliphatic rings. The minimum absolute atomic E-state index is 0.254. The van der Waals surface area contributed by atoms with E-state index in [4.69, 9.17) is 5.73 Å². The molecule has 1 aromatic heterocycles. The molecule has 1 saturated carbocycles. The zero-order valence-corrected chi connectivity index (χ0v) is 11.5. The van der Waals surface area contributed by atoms with Crippen LogP contribution in [-0.2, 0) is 0 Å². The Morgan fingerprint density at radius 3 is 2.93 bits per heavy atom. The first kappa shape index (κ1) is 11.6. The highest BCUT2D eigenvalue weighted by Gasteiger charge is 2.25. The summed E-state index contributed by atoms with van der Waals surface area (Å²) in [5.74, 6) is 1.55. The summed E-state index contributed by atoms with van der Waals surface area (Å²) >= 11 is 5.27. The second kappa shape index (κ2) is 4.98. The lowest BCUT2D eigenvalue weighted by atomic mass is 9.78. The highest BCUT2D eigenvalue weighted by atomic mass is 79.9. The fourth-order valence-electron chi connectivity index (χ4n) is 2.54. The molecule has 1 fully saturated rings. The zero-order chi connectivity index (χ0) is 10.8. The van der Waals surface area contributed by atoms with E-state index in [-0.39, 0.29) is 6.04 Å². The van der Waals surface area contributed by atoms with Gasteiger partial charge in [-0.2, -0.15) is 0 Å². The lowest BCUT2D eigenvalue weighted by molar-refractivity contribution is 0.249. The van der Waals surface area contributed by atoms with Gasteiger partial charge in [-0.1, -0.05) is 19.8 Å². The molecule has 1 heterocycles. The Hall–Kier alpha value is 0.140. The van der Waals surface area contributed by atoms with Crippen molar-refractivity contribution in [2.45, 2.75) is 38.6 Å². The van der Waals surface area contributed by atoms with Gasteiger partial charge in [0.05, 0.1) is 0 Å². The number of thiophene rings is 1. The maximum atomic E-state index is 6.33. The van der Waals surface area contributed by atoms with Crippen LogP contribution in [0.3, 0.4) is 0 Å². The Labute approximate surface area is 104 Å². The molecular weight excluding hydrogens is 270 g/mol. The molecule has 0 saturated heterocycles. The SMILES string of the molecule is CC1CCCC(C(N)c2cc(Br)cs2)C1. The fourth-order valence-corrected chi connectivity index (χ4v) is 4.08. The van der Waals surface area contributed by atoms with Gasteiger partial charge < -0.3 is 5.73 Å². The standard InChI is InChI=1S/C12H18BrNS/c1-8-3-2-4-9(5-8)12(14)11-6-10(13)7-15-11/h6-9,12H,2-5,14H2,1H3. The van der Waals surface area contributed by atoms with E-state index in [9.17, 15) is 0 Å². The van der Waals surface area contributed by atoms with Gasteiger partial charge in [-0.25, -0.2) is 0 Å². The van der Waals surface area contributed by atoms with E-state index in [1.807, 2.05) is 0 Å². The first-order valence-electron chi connectivity index (χ1n) is 5.66. The first-order chi connectivity index (χ1) is 7.16. The first-order valence-corrected chi connectivity index (χ1v) is 7.33. The van der Waals surface area contributed by atoms with E-state index < -0.39 is 0 Å². The number of rotatable bonds is 2. The van der Waals surface area contributed by atoms with Gasteiger partial charge in [0.2, 0.25) is 0 Å². The summed E-state index contributed by atoms with van der Waals surface area (Å²) < 4.78 is 1.17. The van der Waals surface area contributed by atoms with Crippen molar-refractivity contribution in [2.24, 2.45) is 17.6 Å². The van der Waals surface area contributed by atoms with Gasteiger partial charge >= 0.3 is 0 Å².